The van der Waals surface area contributed by atoms with Crippen molar-refractivity contribution in [3.05, 3.63) is 29.8 Å². The van der Waals surface area contributed by atoms with E-state index in [-0.39, 0.29) is 17.9 Å². The molecule has 0 spiro atoms. The first kappa shape index (κ1) is 12.7. The van der Waals surface area contributed by atoms with Crippen LogP contribution >= 0.6 is 0 Å². The molecule has 0 bridgehead atoms. The van der Waals surface area contributed by atoms with E-state index in [4.69, 9.17) is 5.73 Å². The zero-order chi connectivity index (χ0) is 12.3. The molecular formula is C13H20N2O. The Morgan fingerprint density at radius 2 is 2.00 bits per heavy atom. The molecule has 3 heteroatoms. The van der Waals surface area contributed by atoms with E-state index >= 15 is 0 Å². The van der Waals surface area contributed by atoms with Crippen molar-refractivity contribution in [2.45, 2.75) is 26.8 Å². The summed E-state index contributed by atoms with van der Waals surface area (Å²) in [5.41, 5.74) is 7.79. The number of carbonyl (C=O) groups is 1. The molecule has 0 aliphatic rings. The van der Waals surface area contributed by atoms with Crippen LogP contribution in [-0.2, 0) is 4.79 Å². The second-order valence-electron chi connectivity index (χ2n) is 4.38. The van der Waals surface area contributed by atoms with Crippen molar-refractivity contribution in [3.63, 3.8) is 0 Å². The van der Waals surface area contributed by atoms with E-state index < -0.39 is 0 Å². The highest BCUT2D eigenvalue weighted by atomic mass is 16.2. The lowest BCUT2D eigenvalue weighted by atomic mass is 10.0. The van der Waals surface area contributed by atoms with E-state index in [2.05, 4.69) is 0 Å². The Morgan fingerprint density at radius 1 is 1.38 bits per heavy atom. The lowest BCUT2D eigenvalue weighted by Gasteiger charge is -2.23. The molecule has 0 radical (unpaired) electrons. The van der Waals surface area contributed by atoms with Crippen molar-refractivity contribution in [3.8, 4) is 0 Å². The van der Waals surface area contributed by atoms with E-state index in [9.17, 15) is 4.79 Å². The van der Waals surface area contributed by atoms with Crippen LogP contribution in [0.4, 0.5) is 5.69 Å². The Balaban J connectivity index is 2.86. The zero-order valence-electron chi connectivity index (χ0n) is 10.4. The average Bonchev–Trinajstić information content (AvgIpc) is 2.26. The van der Waals surface area contributed by atoms with Crippen LogP contribution in [0, 0.1) is 12.8 Å². The molecule has 2 N–H and O–H groups in total. The Kier molecular flexibility index (Phi) is 4.07. The maximum Gasteiger partial charge on any atom is 0.231 e. The minimum absolute atomic E-state index is 0.0561. The van der Waals surface area contributed by atoms with E-state index in [1.807, 2.05) is 45.0 Å². The summed E-state index contributed by atoms with van der Waals surface area (Å²) < 4.78 is 0. The number of nitrogens with zero attached hydrogens (tertiary/aromatic N) is 1. The molecule has 1 aromatic rings. The minimum Gasteiger partial charge on any atom is -0.327 e. The summed E-state index contributed by atoms with van der Waals surface area (Å²) in [5.74, 6) is -0.105. The summed E-state index contributed by atoms with van der Waals surface area (Å²) in [6.07, 6.45) is 0. The lowest BCUT2D eigenvalue weighted by molar-refractivity contribution is -0.122. The fraction of sp³-hybridized carbons (Fsp3) is 0.462. The molecule has 0 saturated heterocycles. The third-order valence-electron chi connectivity index (χ3n) is 2.90. The first-order chi connectivity index (χ1) is 7.43. The highest BCUT2D eigenvalue weighted by molar-refractivity contribution is 5.94. The van der Waals surface area contributed by atoms with Gasteiger partial charge in [0.15, 0.2) is 0 Å². The number of amides is 1. The summed E-state index contributed by atoms with van der Waals surface area (Å²) in [6, 6.07) is 7.76. The molecule has 3 nitrogen and oxygen atoms in total. The maximum absolute atomic E-state index is 12.0. The predicted molar refractivity (Wildman–Crippen MR) is 67.4 cm³/mol. The summed E-state index contributed by atoms with van der Waals surface area (Å²) in [5, 5.41) is 0. The van der Waals surface area contributed by atoms with Gasteiger partial charge in [-0.05, 0) is 31.5 Å². The van der Waals surface area contributed by atoms with Gasteiger partial charge in [0.2, 0.25) is 5.91 Å². The third kappa shape index (κ3) is 2.83. The topological polar surface area (TPSA) is 46.3 Å². The monoisotopic (exact) mass is 220 g/mol. The predicted octanol–water partition coefficient (Wildman–Crippen LogP) is 1.94. The van der Waals surface area contributed by atoms with Crippen molar-refractivity contribution in [1.29, 1.82) is 0 Å². The SMILES string of the molecule is Cc1cccc(N(C)C(=O)C(C)C(C)N)c1. The fourth-order valence-electron chi connectivity index (χ4n) is 1.49. The molecule has 0 aliphatic carbocycles. The highest BCUT2D eigenvalue weighted by Gasteiger charge is 2.21. The summed E-state index contributed by atoms with van der Waals surface area (Å²) in [6.45, 7) is 5.72. The van der Waals surface area contributed by atoms with Gasteiger partial charge in [-0.15, -0.1) is 0 Å². The van der Waals surface area contributed by atoms with Crippen LogP contribution in [0.1, 0.15) is 19.4 Å². The molecule has 0 aliphatic heterocycles. The Bertz CT molecular complexity index is 374. The van der Waals surface area contributed by atoms with Gasteiger partial charge in [-0.2, -0.15) is 0 Å². The van der Waals surface area contributed by atoms with Crippen molar-refractivity contribution in [2.24, 2.45) is 11.7 Å². The molecule has 0 fully saturated rings. The lowest BCUT2D eigenvalue weighted by Crippen LogP contribution is -2.39. The Morgan fingerprint density at radius 3 is 2.50 bits per heavy atom. The number of anilines is 1. The number of rotatable bonds is 3. The van der Waals surface area contributed by atoms with Crippen LogP contribution in [-0.4, -0.2) is 19.0 Å². The molecular weight excluding hydrogens is 200 g/mol. The van der Waals surface area contributed by atoms with Gasteiger partial charge in [-0.25, -0.2) is 0 Å². The summed E-state index contributed by atoms with van der Waals surface area (Å²) in [4.78, 5) is 13.7. The average molecular weight is 220 g/mol. The minimum atomic E-state index is -0.162. The van der Waals surface area contributed by atoms with Crippen LogP contribution in [0.3, 0.4) is 0 Å². The normalized spacial score (nSPS) is 14.3. The number of nitrogens with two attached hydrogens (primary N) is 1. The fourth-order valence-corrected chi connectivity index (χ4v) is 1.49. The molecule has 2 atom stereocenters. The molecule has 16 heavy (non-hydrogen) atoms. The number of hydrogen-bond donors (Lipinski definition) is 1. The van der Waals surface area contributed by atoms with Crippen LogP contribution in [0.5, 0.6) is 0 Å². The van der Waals surface area contributed by atoms with Gasteiger partial charge < -0.3 is 10.6 Å². The van der Waals surface area contributed by atoms with Crippen molar-refractivity contribution in [1.82, 2.24) is 0 Å². The Labute approximate surface area is 97.2 Å². The quantitative estimate of drug-likeness (QED) is 0.846. The molecule has 1 rings (SSSR count). The summed E-state index contributed by atoms with van der Waals surface area (Å²) in [7, 11) is 1.79. The van der Waals surface area contributed by atoms with E-state index in [0.717, 1.165) is 11.3 Å². The molecule has 1 amide bonds. The summed E-state index contributed by atoms with van der Waals surface area (Å²) >= 11 is 0. The smallest absolute Gasteiger partial charge is 0.231 e. The zero-order valence-corrected chi connectivity index (χ0v) is 10.4. The first-order valence-corrected chi connectivity index (χ1v) is 5.53. The van der Waals surface area contributed by atoms with Crippen molar-refractivity contribution >= 4 is 11.6 Å². The van der Waals surface area contributed by atoms with E-state index in [1.54, 1.807) is 11.9 Å². The van der Waals surface area contributed by atoms with Gasteiger partial charge in [0.1, 0.15) is 0 Å². The number of aryl methyl sites for hydroxylation is 1. The van der Waals surface area contributed by atoms with Gasteiger partial charge in [0, 0.05) is 18.8 Å². The third-order valence-corrected chi connectivity index (χ3v) is 2.90. The second-order valence-corrected chi connectivity index (χ2v) is 4.38. The molecule has 1 aromatic carbocycles. The Hall–Kier alpha value is -1.35. The highest BCUT2D eigenvalue weighted by Crippen LogP contribution is 2.17. The van der Waals surface area contributed by atoms with Gasteiger partial charge in [-0.3, -0.25) is 4.79 Å². The van der Waals surface area contributed by atoms with E-state index in [1.165, 1.54) is 0 Å². The molecule has 0 heterocycles. The first-order valence-electron chi connectivity index (χ1n) is 5.53. The van der Waals surface area contributed by atoms with Gasteiger partial charge >= 0.3 is 0 Å². The van der Waals surface area contributed by atoms with Crippen LogP contribution in [0.2, 0.25) is 0 Å². The maximum atomic E-state index is 12.0. The number of hydrogen-bond acceptors (Lipinski definition) is 2. The number of benzene rings is 1. The largest absolute Gasteiger partial charge is 0.327 e. The van der Waals surface area contributed by atoms with Crippen molar-refractivity contribution in [2.75, 3.05) is 11.9 Å². The van der Waals surface area contributed by atoms with Crippen LogP contribution in [0.15, 0.2) is 24.3 Å². The van der Waals surface area contributed by atoms with Crippen LogP contribution in [0.25, 0.3) is 0 Å². The van der Waals surface area contributed by atoms with E-state index in [0.29, 0.717) is 0 Å². The molecule has 0 aromatic heterocycles. The van der Waals surface area contributed by atoms with Crippen LogP contribution < -0.4 is 10.6 Å². The molecule has 0 saturated carbocycles. The molecule has 2 unspecified atom stereocenters. The standard InChI is InChI=1S/C13H20N2O/c1-9-6-5-7-12(8-9)15(4)13(16)10(2)11(3)14/h5-8,10-11H,14H2,1-4H3. The van der Waals surface area contributed by atoms with Gasteiger partial charge in [0.05, 0.1) is 5.92 Å². The second kappa shape index (κ2) is 5.12. The van der Waals surface area contributed by atoms with Crippen molar-refractivity contribution < 1.29 is 4.79 Å². The van der Waals surface area contributed by atoms with Gasteiger partial charge in [-0.1, -0.05) is 19.1 Å². The molecule has 88 valence electrons. The van der Waals surface area contributed by atoms with Gasteiger partial charge in [0.25, 0.3) is 0 Å². The number of carbonyl (C=O) groups excluding carboxylic acids is 1.